The number of nitrogens with zero attached hydrogens (tertiary/aromatic N) is 2. The summed E-state index contributed by atoms with van der Waals surface area (Å²) in [7, 11) is 0. The number of hydrogen-bond donors (Lipinski definition) is 1. The Morgan fingerprint density at radius 3 is 2.95 bits per heavy atom. The standard InChI is InChI=1S/C16H10BrN3S/c17-11-8-14-16(19-9-11)13(3-5-18-14)20-12-1-2-15-10(7-12)4-6-21-15/h1-9H,(H,18,20). The van der Waals surface area contributed by atoms with Gasteiger partial charge in [-0.3, -0.25) is 9.97 Å². The Hall–Kier alpha value is -1.98. The Bertz CT molecular complexity index is 948. The third-order valence-electron chi connectivity index (χ3n) is 3.28. The molecule has 3 aromatic heterocycles. The number of nitrogens with one attached hydrogen (secondary N) is 1. The summed E-state index contributed by atoms with van der Waals surface area (Å²) in [4.78, 5) is 8.81. The molecule has 0 unspecified atom stereocenters. The fraction of sp³-hybridized carbons (Fsp3) is 0. The maximum atomic E-state index is 4.46. The number of rotatable bonds is 2. The Labute approximate surface area is 133 Å². The molecule has 0 aliphatic rings. The SMILES string of the molecule is Brc1cnc2c(Nc3ccc4sccc4c3)ccnc2c1. The van der Waals surface area contributed by atoms with E-state index in [9.17, 15) is 0 Å². The van der Waals surface area contributed by atoms with Crippen LogP contribution in [0.4, 0.5) is 11.4 Å². The highest BCUT2D eigenvalue weighted by Crippen LogP contribution is 2.28. The van der Waals surface area contributed by atoms with Crippen molar-refractivity contribution in [3.8, 4) is 0 Å². The molecule has 3 heterocycles. The van der Waals surface area contributed by atoms with Gasteiger partial charge in [0.1, 0.15) is 5.52 Å². The second kappa shape index (κ2) is 5.09. The highest BCUT2D eigenvalue weighted by Gasteiger charge is 2.05. The van der Waals surface area contributed by atoms with Gasteiger partial charge in [0.05, 0.1) is 11.2 Å². The third-order valence-corrected chi connectivity index (χ3v) is 4.61. The van der Waals surface area contributed by atoms with Gasteiger partial charge in [-0.1, -0.05) is 0 Å². The van der Waals surface area contributed by atoms with Crippen LogP contribution in [0.3, 0.4) is 0 Å². The van der Waals surface area contributed by atoms with E-state index in [1.807, 2.05) is 12.1 Å². The average Bonchev–Trinajstić information content (AvgIpc) is 2.95. The number of benzene rings is 1. The monoisotopic (exact) mass is 355 g/mol. The zero-order chi connectivity index (χ0) is 14.2. The molecule has 0 aliphatic heterocycles. The lowest BCUT2D eigenvalue weighted by atomic mass is 10.2. The van der Waals surface area contributed by atoms with Crippen LogP contribution in [0.2, 0.25) is 0 Å². The molecule has 21 heavy (non-hydrogen) atoms. The van der Waals surface area contributed by atoms with Crippen molar-refractivity contribution in [2.24, 2.45) is 0 Å². The number of anilines is 2. The largest absolute Gasteiger partial charge is 0.354 e. The van der Waals surface area contributed by atoms with Crippen LogP contribution in [0.15, 0.2) is 58.6 Å². The molecular formula is C16H10BrN3S. The molecule has 1 aromatic carbocycles. The van der Waals surface area contributed by atoms with Crippen molar-refractivity contribution < 1.29 is 0 Å². The number of thiophene rings is 1. The van der Waals surface area contributed by atoms with Crippen molar-refractivity contribution in [3.05, 3.63) is 58.6 Å². The van der Waals surface area contributed by atoms with E-state index in [1.54, 1.807) is 23.7 Å². The van der Waals surface area contributed by atoms with E-state index in [0.29, 0.717) is 0 Å². The summed E-state index contributed by atoms with van der Waals surface area (Å²) < 4.78 is 2.22. The van der Waals surface area contributed by atoms with E-state index in [0.717, 1.165) is 26.9 Å². The van der Waals surface area contributed by atoms with Crippen molar-refractivity contribution in [3.63, 3.8) is 0 Å². The van der Waals surface area contributed by atoms with Gasteiger partial charge in [0.2, 0.25) is 0 Å². The quantitative estimate of drug-likeness (QED) is 0.526. The molecule has 0 fully saturated rings. The first-order valence-corrected chi connectivity index (χ1v) is 8.11. The van der Waals surface area contributed by atoms with Crippen LogP contribution in [-0.2, 0) is 0 Å². The second-order valence-electron chi connectivity index (χ2n) is 4.68. The smallest absolute Gasteiger partial charge is 0.112 e. The van der Waals surface area contributed by atoms with Gasteiger partial charge in [-0.05, 0) is 63.1 Å². The van der Waals surface area contributed by atoms with E-state index in [2.05, 4.69) is 60.9 Å². The van der Waals surface area contributed by atoms with E-state index in [4.69, 9.17) is 0 Å². The minimum absolute atomic E-state index is 0.867. The highest BCUT2D eigenvalue weighted by molar-refractivity contribution is 9.10. The van der Waals surface area contributed by atoms with Crippen LogP contribution >= 0.6 is 27.3 Å². The zero-order valence-electron chi connectivity index (χ0n) is 10.9. The van der Waals surface area contributed by atoms with Gasteiger partial charge in [-0.2, -0.15) is 0 Å². The molecule has 3 nitrogen and oxygen atoms in total. The molecule has 0 spiro atoms. The fourth-order valence-corrected chi connectivity index (χ4v) is 3.40. The maximum Gasteiger partial charge on any atom is 0.112 e. The summed E-state index contributed by atoms with van der Waals surface area (Å²) >= 11 is 5.18. The summed E-state index contributed by atoms with van der Waals surface area (Å²) in [6, 6.07) is 12.4. The van der Waals surface area contributed by atoms with Crippen LogP contribution in [0.25, 0.3) is 21.1 Å². The molecule has 0 amide bonds. The minimum Gasteiger partial charge on any atom is -0.354 e. The van der Waals surface area contributed by atoms with Crippen molar-refractivity contribution in [2.45, 2.75) is 0 Å². The lowest BCUT2D eigenvalue weighted by Gasteiger charge is -2.09. The third kappa shape index (κ3) is 2.39. The van der Waals surface area contributed by atoms with Crippen LogP contribution in [0.1, 0.15) is 0 Å². The first kappa shape index (κ1) is 12.7. The molecule has 4 rings (SSSR count). The molecular weight excluding hydrogens is 346 g/mol. The van der Waals surface area contributed by atoms with Gasteiger partial charge in [-0.15, -0.1) is 11.3 Å². The molecule has 5 heteroatoms. The summed E-state index contributed by atoms with van der Waals surface area (Å²) in [5.74, 6) is 0. The van der Waals surface area contributed by atoms with Gasteiger partial charge in [0.15, 0.2) is 0 Å². The number of hydrogen-bond acceptors (Lipinski definition) is 4. The minimum atomic E-state index is 0.867. The predicted molar refractivity (Wildman–Crippen MR) is 92.3 cm³/mol. The Morgan fingerprint density at radius 1 is 1.05 bits per heavy atom. The molecule has 4 aromatic rings. The van der Waals surface area contributed by atoms with Crippen LogP contribution in [-0.4, -0.2) is 9.97 Å². The average molecular weight is 356 g/mol. The van der Waals surface area contributed by atoms with Crippen LogP contribution < -0.4 is 5.32 Å². The number of aromatic nitrogens is 2. The van der Waals surface area contributed by atoms with Gasteiger partial charge < -0.3 is 5.32 Å². The van der Waals surface area contributed by atoms with Gasteiger partial charge in [0.25, 0.3) is 0 Å². The number of pyridine rings is 2. The van der Waals surface area contributed by atoms with E-state index in [1.165, 1.54) is 10.1 Å². The highest BCUT2D eigenvalue weighted by atomic mass is 79.9. The van der Waals surface area contributed by atoms with Crippen LogP contribution in [0, 0.1) is 0 Å². The van der Waals surface area contributed by atoms with Crippen molar-refractivity contribution in [2.75, 3.05) is 5.32 Å². The van der Waals surface area contributed by atoms with E-state index in [-0.39, 0.29) is 0 Å². The van der Waals surface area contributed by atoms with Gasteiger partial charge in [0, 0.05) is 27.3 Å². The van der Waals surface area contributed by atoms with Gasteiger partial charge >= 0.3 is 0 Å². The second-order valence-corrected chi connectivity index (χ2v) is 6.54. The number of halogens is 1. The molecule has 0 aliphatic carbocycles. The lowest BCUT2D eigenvalue weighted by Crippen LogP contribution is -1.94. The first-order chi connectivity index (χ1) is 10.3. The molecule has 0 saturated carbocycles. The van der Waals surface area contributed by atoms with E-state index < -0.39 is 0 Å². The summed E-state index contributed by atoms with van der Waals surface area (Å²) in [5, 5.41) is 6.79. The first-order valence-electron chi connectivity index (χ1n) is 6.44. The molecule has 102 valence electrons. The summed E-state index contributed by atoms with van der Waals surface area (Å²) in [6.45, 7) is 0. The Morgan fingerprint density at radius 2 is 2.00 bits per heavy atom. The number of fused-ring (bicyclic) bond motifs is 2. The molecule has 0 bridgehead atoms. The van der Waals surface area contributed by atoms with Crippen molar-refractivity contribution in [1.82, 2.24) is 9.97 Å². The normalized spacial score (nSPS) is 11.1. The lowest BCUT2D eigenvalue weighted by molar-refractivity contribution is 1.32. The molecule has 1 N–H and O–H groups in total. The van der Waals surface area contributed by atoms with Gasteiger partial charge in [-0.25, -0.2) is 0 Å². The summed E-state index contributed by atoms with van der Waals surface area (Å²) in [5.41, 5.74) is 3.75. The van der Waals surface area contributed by atoms with Crippen LogP contribution in [0.5, 0.6) is 0 Å². The molecule has 0 atom stereocenters. The van der Waals surface area contributed by atoms with E-state index >= 15 is 0 Å². The Kier molecular flexibility index (Phi) is 3.09. The molecule has 0 radical (unpaired) electrons. The summed E-state index contributed by atoms with van der Waals surface area (Å²) in [6.07, 6.45) is 3.58. The Balaban J connectivity index is 1.79. The molecule has 0 saturated heterocycles. The predicted octanol–water partition coefficient (Wildman–Crippen LogP) is 5.35. The maximum absolute atomic E-state index is 4.46. The topological polar surface area (TPSA) is 37.8 Å². The zero-order valence-corrected chi connectivity index (χ0v) is 13.3. The fourth-order valence-electron chi connectivity index (χ4n) is 2.31. The van der Waals surface area contributed by atoms with Crippen molar-refractivity contribution >= 4 is 59.8 Å². The van der Waals surface area contributed by atoms with Crippen molar-refractivity contribution in [1.29, 1.82) is 0 Å².